The monoisotopic (exact) mass is 773 g/mol. The average Bonchev–Trinajstić information content (AvgIpc) is 3.06. The van der Waals surface area contributed by atoms with Gasteiger partial charge in [-0.2, -0.15) is 5.10 Å². The number of nitro benzene ring substituents is 1. The third-order valence-electron chi connectivity index (χ3n) is 6.83. The van der Waals surface area contributed by atoms with Crippen molar-refractivity contribution >= 4 is 52.4 Å². The van der Waals surface area contributed by atoms with Gasteiger partial charge in [0.15, 0.2) is 29.6 Å². The van der Waals surface area contributed by atoms with Crippen molar-refractivity contribution in [3.8, 4) is 23.0 Å². The van der Waals surface area contributed by atoms with Crippen molar-refractivity contribution in [3.05, 3.63) is 96.2 Å². The number of allylic oxidation sites excluding steroid dienone is 1. The molecule has 0 fully saturated rings. The number of carbonyl (C=O) groups excluding carboxylic acids is 3. The van der Waals surface area contributed by atoms with E-state index in [2.05, 4.69) is 43.8 Å². The number of esters is 1. The molecule has 3 amide bonds. The van der Waals surface area contributed by atoms with Crippen molar-refractivity contribution in [1.82, 2.24) is 16.1 Å². The van der Waals surface area contributed by atoms with Crippen LogP contribution in [0.5, 0.6) is 23.0 Å². The maximum Gasteiger partial charge on any atom is 0.338 e. The molecule has 0 unspecified atom stereocenters. The number of ether oxygens (including phenoxy) is 5. The molecule has 0 bridgehead atoms. The van der Waals surface area contributed by atoms with E-state index in [-0.39, 0.29) is 42.6 Å². The second kappa shape index (κ2) is 16.4. The minimum atomic E-state index is -0.796. The van der Waals surface area contributed by atoms with Crippen LogP contribution >= 0.6 is 22.6 Å². The van der Waals surface area contributed by atoms with Gasteiger partial charge in [-0.3, -0.25) is 14.9 Å². The molecule has 3 N–H and O–H groups in total. The summed E-state index contributed by atoms with van der Waals surface area (Å²) >= 11 is 2.09. The van der Waals surface area contributed by atoms with Gasteiger partial charge < -0.3 is 34.3 Å². The zero-order valence-corrected chi connectivity index (χ0v) is 28.5. The largest absolute Gasteiger partial charge is 0.493 e. The first-order chi connectivity index (χ1) is 23.0. The highest BCUT2D eigenvalue weighted by molar-refractivity contribution is 14.1. The van der Waals surface area contributed by atoms with Gasteiger partial charge >= 0.3 is 12.0 Å². The van der Waals surface area contributed by atoms with Gasteiger partial charge in [0.2, 0.25) is 0 Å². The average molecular weight is 774 g/mol. The molecule has 16 heteroatoms. The molecule has 3 aromatic rings. The fraction of sp³-hybridized carbons (Fsp3) is 0.250. The lowest BCUT2D eigenvalue weighted by molar-refractivity contribution is -0.384. The molecular weight excluding hydrogens is 741 g/mol. The predicted molar refractivity (Wildman–Crippen MR) is 181 cm³/mol. The molecule has 48 heavy (non-hydrogen) atoms. The molecule has 15 nitrogen and oxygen atoms in total. The molecule has 1 aliphatic rings. The molecule has 0 aromatic heterocycles. The van der Waals surface area contributed by atoms with Crippen LogP contribution in [0.3, 0.4) is 0 Å². The Morgan fingerprint density at radius 1 is 1.04 bits per heavy atom. The third-order valence-corrected chi connectivity index (χ3v) is 7.63. The quantitative estimate of drug-likeness (QED) is 0.0691. The number of urea groups is 1. The van der Waals surface area contributed by atoms with E-state index < -0.39 is 28.9 Å². The molecule has 3 aromatic carbocycles. The number of carbonyl (C=O) groups is 3. The van der Waals surface area contributed by atoms with Crippen LogP contribution in [-0.2, 0) is 20.9 Å². The summed E-state index contributed by atoms with van der Waals surface area (Å²) in [5.41, 5.74) is 4.92. The van der Waals surface area contributed by atoms with Crippen LogP contribution in [-0.4, -0.2) is 56.5 Å². The summed E-state index contributed by atoms with van der Waals surface area (Å²) in [6.45, 7) is 3.25. The maximum atomic E-state index is 12.6. The number of halogens is 1. The minimum Gasteiger partial charge on any atom is -0.493 e. The Hall–Kier alpha value is -5.39. The number of nitrogens with zero attached hydrogens (tertiary/aromatic N) is 2. The van der Waals surface area contributed by atoms with Crippen LogP contribution < -0.4 is 35.0 Å². The van der Waals surface area contributed by atoms with Gasteiger partial charge in [0.05, 0.1) is 47.1 Å². The lowest BCUT2D eigenvalue weighted by Crippen LogP contribution is -2.45. The van der Waals surface area contributed by atoms with Crippen molar-refractivity contribution in [1.29, 1.82) is 0 Å². The zero-order chi connectivity index (χ0) is 34.8. The van der Waals surface area contributed by atoms with Crippen molar-refractivity contribution in [2.75, 3.05) is 27.4 Å². The third kappa shape index (κ3) is 8.90. The highest BCUT2D eigenvalue weighted by atomic mass is 127. The Morgan fingerprint density at radius 3 is 2.44 bits per heavy atom. The molecule has 1 atom stereocenters. The van der Waals surface area contributed by atoms with E-state index in [0.717, 1.165) is 5.56 Å². The summed E-state index contributed by atoms with van der Waals surface area (Å²) in [5, 5.41) is 20.2. The number of hydrazone groups is 1. The van der Waals surface area contributed by atoms with Gasteiger partial charge in [0, 0.05) is 17.8 Å². The van der Waals surface area contributed by atoms with Gasteiger partial charge in [-0.25, -0.2) is 15.0 Å². The highest BCUT2D eigenvalue weighted by Crippen LogP contribution is 2.36. The molecular formula is C32H32IN5O10. The van der Waals surface area contributed by atoms with Gasteiger partial charge in [-0.1, -0.05) is 6.07 Å². The van der Waals surface area contributed by atoms with E-state index in [1.165, 1.54) is 32.6 Å². The Kier molecular flexibility index (Phi) is 12.1. The van der Waals surface area contributed by atoms with Crippen molar-refractivity contribution < 1.29 is 43.0 Å². The summed E-state index contributed by atoms with van der Waals surface area (Å²) in [6, 6.07) is 13.1. The lowest BCUT2D eigenvalue weighted by Gasteiger charge is -2.28. The van der Waals surface area contributed by atoms with Crippen LogP contribution in [0.2, 0.25) is 0 Å². The summed E-state index contributed by atoms with van der Waals surface area (Å²) in [6.07, 6.45) is 1.43. The van der Waals surface area contributed by atoms with Gasteiger partial charge in [-0.05, 0) is 89.5 Å². The van der Waals surface area contributed by atoms with E-state index in [1.54, 1.807) is 56.3 Å². The number of nitrogens with one attached hydrogen (secondary N) is 3. The van der Waals surface area contributed by atoms with E-state index >= 15 is 0 Å². The molecule has 0 saturated carbocycles. The first-order valence-electron chi connectivity index (χ1n) is 14.4. The number of benzene rings is 3. The predicted octanol–water partition coefficient (Wildman–Crippen LogP) is 4.52. The number of rotatable bonds is 14. The number of hydrogen-bond donors (Lipinski definition) is 3. The standard InChI is InChI=1S/C32H32IN5O10/c1-5-46-31(40)28-18(2)35-32(41)36-29(28)21-8-11-24(25(14-21)44-3)47-17-27(39)37-34-15-20-12-23(33)30(26(13-20)45-4)48-16-19-6-9-22(10-7-19)38(42)43/h6-15,29H,5,16-17H2,1-4H3,(H,37,39)(H2,35,36,41)/b34-15-/t29-/m1/s1. The molecule has 0 radical (unpaired) electrons. The molecule has 0 aliphatic carbocycles. The van der Waals surface area contributed by atoms with Crippen molar-refractivity contribution in [2.24, 2.45) is 5.10 Å². The molecule has 1 heterocycles. The van der Waals surface area contributed by atoms with Crippen LogP contribution in [0, 0.1) is 13.7 Å². The molecule has 4 rings (SSSR count). The Morgan fingerprint density at radius 2 is 1.77 bits per heavy atom. The van der Waals surface area contributed by atoms with Crippen molar-refractivity contribution in [3.63, 3.8) is 0 Å². The van der Waals surface area contributed by atoms with Crippen molar-refractivity contribution in [2.45, 2.75) is 26.5 Å². The Labute approximate surface area is 288 Å². The highest BCUT2D eigenvalue weighted by Gasteiger charge is 2.32. The smallest absolute Gasteiger partial charge is 0.338 e. The summed E-state index contributed by atoms with van der Waals surface area (Å²) in [7, 11) is 2.91. The van der Waals surface area contributed by atoms with E-state index in [4.69, 9.17) is 23.7 Å². The fourth-order valence-electron chi connectivity index (χ4n) is 4.58. The van der Waals surface area contributed by atoms with Gasteiger partial charge in [0.25, 0.3) is 11.6 Å². The SMILES string of the molecule is CCOC(=O)C1=C(C)NC(=O)N[C@@H]1c1ccc(OCC(=O)N/N=C\c2cc(I)c(OCc3ccc([N+](=O)[O-])cc3)c(OC)c2)c(OC)c1. The summed E-state index contributed by atoms with van der Waals surface area (Å²) in [5.74, 6) is 0.325. The maximum absolute atomic E-state index is 12.6. The Bertz CT molecular complexity index is 1760. The Balaban J connectivity index is 1.36. The van der Waals surface area contributed by atoms with Gasteiger partial charge in [0.1, 0.15) is 6.61 Å². The normalized spacial score (nSPS) is 14.1. The van der Waals surface area contributed by atoms with Crippen LogP contribution in [0.25, 0.3) is 0 Å². The molecule has 1 aliphatic heterocycles. The second-order valence-corrected chi connectivity index (χ2v) is 11.2. The molecule has 0 spiro atoms. The molecule has 252 valence electrons. The van der Waals surface area contributed by atoms with Gasteiger partial charge in [-0.15, -0.1) is 0 Å². The molecule has 0 saturated heterocycles. The van der Waals surface area contributed by atoms with Crippen LogP contribution in [0.15, 0.2) is 71.0 Å². The van der Waals surface area contributed by atoms with E-state index in [1.807, 2.05) is 0 Å². The fourth-order valence-corrected chi connectivity index (χ4v) is 5.37. The topological polar surface area (TPSA) is 189 Å². The second-order valence-electron chi connectivity index (χ2n) is 10.0. The number of nitro groups is 1. The van der Waals surface area contributed by atoms with Crippen LogP contribution in [0.4, 0.5) is 10.5 Å². The first kappa shape index (κ1) is 35.5. The number of hydrogen-bond acceptors (Lipinski definition) is 11. The first-order valence-corrected chi connectivity index (χ1v) is 15.4. The van der Waals surface area contributed by atoms with Crippen LogP contribution in [0.1, 0.15) is 36.6 Å². The zero-order valence-electron chi connectivity index (χ0n) is 26.3. The number of non-ortho nitro benzene ring substituents is 1. The minimum absolute atomic E-state index is 0.00742. The number of amides is 3. The summed E-state index contributed by atoms with van der Waals surface area (Å²) in [4.78, 5) is 47.7. The lowest BCUT2D eigenvalue weighted by atomic mass is 9.95. The van der Waals surface area contributed by atoms with E-state index in [9.17, 15) is 24.5 Å². The van der Waals surface area contributed by atoms with E-state index in [0.29, 0.717) is 31.9 Å². The summed E-state index contributed by atoms with van der Waals surface area (Å²) < 4.78 is 28.4. The number of methoxy groups -OCH3 is 2.